The molecule has 0 radical (unpaired) electrons. The average Bonchev–Trinajstić information content (AvgIpc) is 2.33. The summed E-state index contributed by atoms with van der Waals surface area (Å²) in [5.41, 5.74) is 2.40. The van der Waals surface area contributed by atoms with E-state index in [1.54, 1.807) is 0 Å². The fourth-order valence-corrected chi connectivity index (χ4v) is 1.49. The van der Waals surface area contributed by atoms with Crippen LogP contribution in [0.4, 0.5) is 5.69 Å². The minimum atomic E-state index is 0.633. The Kier molecular flexibility index (Phi) is 6.33. The lowest BCUT2D eigenvalue weighted by Gasteiger charge is -2.13. The van der Waals surface area contributed by atoms with E-state index in [4.69, 9.17) is 21.1 Å². The van der Waals surface area contributed by atoms with Gasteiger partial charge in [0.25, 0.3) is 0 Å². The Balaban J connectivity index is 2.81. The average molecular weight is 256 g/mol. The number of hydrogen-bond donors (Lipinski definition) is 1. The molecule has 1 aromatic rings. The fourth-order valence-electron chi connectivity index (χ4n) is 1.40. The molecule has 0 aliphatic rings. The Hall–Kier alpha value is -1.35. The first kappa shape index (κ1) is 13.7. The van der Waals surface area contributed by atoms with Gasteiger partial charge in [-0.2, -0.15) is 0 Å². The number of ether oxygens (including phenoxy) is 2. The number of benzene rings is 1. The number of halogens is 1. The molecule has 1 N–H and O–H groups in total. The quantitative estimate of drug-likeness (QED) is 0.807. The van der Waals surface area contributed by atoms with Crippen LogP contribution < -0.4 is 14.8 Å². The van der Waals surface area contributed by atoms with Crippen LogP contribution >= 0.6 is 11.6 Å². The van der Waals surface area contributed by atoms with Crippen LogP contribution in [-0.2, 0) is 0 Å². The molecule has 0 aliphatic heterocycles. The molecule has 0 heterocycles. The van der Waals surface area contributed by atoms with E-state index in [1.807, 2.05) is 38.1 Å². The second-order valence-electron chi connectivity index (χ2n) is 3.27. The van der Waals surface area contributed by atoms with Crippen molar-refractivity contribution in [1.82, 2.24) is 0 Å². The second kappa shape index (κ2) is 7.85. The summed E-state index contributed by atoms with van der Waals surface area (Å²) >= 11 is 5.47. The van der Waals surface area contributed by atoms with E-state index in [2.05, 4.69) is 5.32 Å². The third-order valence-corrected chi connectivity index (χ3v) is 2.24. The molecule has 0 atom stereocenters. The first-order chi connectivity index (χ1) is 8.31. The molecule has 17 heavy (non-hydrogen) atoms. The summed E-state index contributed by atoms with van der Waals surface area (Å²) in [6, 6.07) is 5.73. The Morgan fingerprint density at radius 3 is 2.65 bits per heavy atom. The molecule has 0 fully saturated rings. The highest BCUT2D eigenvalue weighted by Crippen LogP contribution is 2.29. The van der Waals surface area contributed by atoms with E-state index in [1.165, 1.54) is 5.54 Å². The minimum Gasteiger partial charge on any atom is -0.494 e. The van der Waals surface area contributed by atoms with Crippen LogP contribution in [0.5, 0.6) is 11.5 Å². The Morgan fingerprint density at radius 1 is 1.24 bits per heavy atom. The van der Waals surface area contributed by atoms with Crippen LogP contribution in [-0.4, -0.2) is 19.8 Å². The summed E-state index contributed by atoms with van der Waals surface area (Å²) in [6.45, 7) is 5.85. The molecule has 4 heteroatoms. The van der Waals surface area contributed by atoms with Crippen LogP contribution in [0.25, 0.3) is 0 Å². The molecular formula is C13H18ClNO2. The van der Waals surface area contributed by atoms with Crippen LogP contribution in [0.2, 0.25) is 0 Å². The smallest absolute Gasteiger partial charge is 0.142 e. The summed E-state index contributed by atoms with van der Waals surface area (Å²) in [5, 5.41) is 3.22. The zero-order valence-electron chi connectivity index (χ0n) is 10.2. The molecule has 0 bridgehead atoms. The maximum atomic E-state index is 5.53. The van der Waals surface area contributed by atoms with Crippen molar-refractivity contribution in [1.29, 1.82) is 0 Å². The van der Waals surface area contributed by atoms with Gasteiger partial charge < -0.3 is 14.8 Å². The van der Waals surface area contributed by atoms with Gasteiger partial charge in [-0.1, -0.05) is 17.7 Å². The molecule has 0 saturated heterocycles. The van der Waals surface area contributed by atoms with Crippen molar-refractivity contribution in [2.75, 3.05) is 25.1 Å². The monoisotopic (exact) mass is 255 g/mol. The zero-order chi connectivity index (χ0) is 12.5. The molecular weight excluding hydrogens is 238 g/mol. The van der Waals surface area contributed by atoms with Gasteiger partial charge in [0.05, 0.1) is 18.9 Å². The maximum absolute atomic E-state index is 5.53. The van der Waals surface area contributed by atoms with E-state index in [9.17, 15) is 0 Å². The standard InChI is InChI=1S/C13H18ClNO2/c1-3-16-11-6-7-13(17-4-2)12(10-11)15-9-5-8-14/h5-8,10,15H,3-4,9H2,1-2H3/b8-5+. The number of nitrogens with one attached hydrogen (secondary N) is 1. The summed E-state index contributed by atoms with van der Waals surface area (Å²) in [5.74, 6) is 1.65. The van der Waals surface area contributed by atoms with Gasteiger partial charge in [-0.15, -0.1) is 0 Å². The summed E-state index contributed by atoms with van der Waals surface area (Å²) in [6.07, 6.45) is 1.82. The number of anilines is 1. The first-order valence-corrected chi connectivity index (χ1v) is 6.14. The highest BCUT2D eigenvalue weighted by molar-refractivity contribution is 6.25. The van der Waals surface area contributed by atoms with Gasteiger partial charge in [0, 0.05) is 18.1 Å². The molecule has 0 unspecified atom stereocenters. The van der Waals surface area contributed by atoms with Crippen molar-refractivity contribution >= 4 is 17.3 Å². The maximum Gasteiger partial charge on any atom is 0.142 e. The third kappa shape index (κ3) is 4.57. The summed E-state index contributed by atoms with van der Waals surface area (Å²) in [4.78, 5) is 0. The molecule has 3 nitrogen and oxygen atoms in total. The van der Waals surface area contributed by atoms with E-state index < -0.39 is 0 Å². The van der Waals surface area contributed by atoms with Crippen molar-refractivity contribution in [3.63, 3.8) is 0 Å². The lowest BCUT2D eigenvalue weighted by molar-refractivity contribution is 0.332. The van der Waals surface area contributed by atoms with Crippen LogP contribution in [0, 0.1) is 0 Å². The highest BCUT2D eigenvalue weighted by Gasteiger charge is 2.04. The second-order valence-corrected chi connectivity index (χ2v) is 3.52. The van der Waals surface area contributed by atoms with Crippen molar-refractivity contribution in [3.05, 3.63) is 29.8 Å². The lowest BCUT2D eigenvalue weighted by Crippen LogP contribution is -2.03. The van der Waals surface area contributed by atoms with Crippen LogP contribution in [0.3, 0.4) is 0 Å². The van der Waals surface area contributed by atoms with Crippen molar-refractivity contribution < 1.29 is 9.47 Å². The molecule has 1 aromatic carbocycles. The van der Waals surface area contributed by atoms with Gasteiger partial charge in [-0.05, 0) is 26.0 Å². The molecule has 94 valence electrons. The molecule has 0 aromatic heterocycles. The first-order valence-electron chi connectivity index (χ1n) is 5.70. The van der Waals surface area contributed by atoms with E-state index in [0.29, 0.717) is 19.8 Å². The van der Waals surface area contributed by atoms with Gasteiger partial charge in [0.15, 0.2) is 0 Å². The molecule has 0 aliphatic carbocycles. The topological polar surface area (TPSA) is 30.5 Å². The van der Waals surface area contributed by atoms with E-state index in [0.717, 1.165) is 17.2 Å². The van der Waals surface area contributed by atoms with Crippen molar-refractivity contribution in [3.8, 4) is 11.5 Å². The van der Waals surface area contributed by atoms with E-state index >= 15 is 0 Å². The van der Waals surface area contributed by atoms with E-state index in [-0.39, 0.29) is 0 Å². The van der Waals surface area contributed by atoms with Gasteiger partial charge in [0.2, 0.25) is 0 Å². The predicted molar refractivity (Wildman–Crippen MR) is 72.3 cm³/mol. The number of hydrogen-bond acceptors (Lipinski definition) is 3. The fraction of sp³-hybridized carbons (Fsp3) is 0.385. The normalized spacial score (nSPS) is 10.5. The Bertz CT molecular complexity index is 366. The molecule has 0 amide bonds. The largest absolute Gasteiger partial charge is 0.494 e. The Morgan fingerprint density at radius 2 is 2.00 bits per heavy atom. The number of rotatable bonds is 7. The lowest BCUT2D eigenvalue weighted by atomic mass is 10.2. The highest BCUT2D eigenvalue weighted by atomic mass is 35.5. The van der Waals surface area contributed by atoms with Crippen molar-refractivity contribution in [2.45, 2.75) is 13.8 Å². The summed E-state index contributed by atoms with van der Waals surface area (Å²) in [7, 11) is 0. The van der Waals surface area contributed by atoms with Gasteiger partial charge in [0.1, 0.15) is 11.5 Å². The predicted octanol–water partition coefficient (Wildman–Crippen LogP) is 3.65. The zero-order valence-corrected chi connectivity index (χ0v) is 11.0. The van der Waals surface area contributed by atoms with Gasteiger partial charge >= 0.3 is 0 Å². The minimum absolute atomic E-state index is 0.633. The molecule has 0 spiro atoms. The summed E-state index contributed by atoms with van der Waals surface area (Å²) < 4.78 is 11.0. The molecule has 1 rings (SSSR count). The van der Waals surface area contributed by atoms with Gasteiger partial charge in [-0.3, -0.25) is 0 Å². The Labute approximate surface area is 107 Å². The van der Waals surface area contributed by atoms with Crippen molar-refractivity contribution in [2.24, 2.45) is 0 Å². The SMILES string of the molecule is CCOc1ccc(OCC)c(NC/C=C/Cl)c1. The molecule has 0 saturated carbocycles. The van der Waals surface area contributed by atoms with Crippen LogP contribution in [0.15, 0.2) is 29.8 Å². The third-order valence-electron chi connectivity index (χ3n) is 2.06. The van der Waals surface area contributed by atoms with Gasteiger partial charge in [-0.25, -0.2) is 0 Å². The van der Waals surface area contributed by atoms with Crippen LogP contribution in [0.1, 0.15) is 13.8 Å².